The number of hydrogen-bond donors (Lipinski definition) is 4. The van der Waals surface area contributed by atoms with Gasteiger partial charge in [-0.05, 0) is 73.8 Å². The standard InChI is InChI=1S/C47H63N10O12P/c1-45(2,3)68-43(60)54-30(20-29-21-56(26-52-29)44(61)69-46(4,5)6)39(58)55-40-35(62-19-15-10-9-14-18-49-42(59)64-22-28-16-12-11-13-17-28)32(24-70-40)63-23-31-34-36(67-47(7,8)66-34)41(65-31)57-27-53-33-37(48)50-25-51-38(33)57/h11-13,16-17,21,24-27,30-31,34,36,41,70H,9-10,14-15,18-20,22-23H2,1-8H3,(H,49,59)(H,54,60)(H,55,58)(H2,48,50,51)/t30-,31+,34+,36+,41+/m0/s1. The zero-order valence-corrected chi connectivity index (χ0v) is 41.7. The van der Waals surface area contributed by atoms with Gasteiger partial charge in [-0.25, -0.2) is 38.9 Å². The van der Waals surface area contributed by atoms with Gasteiger partial charge < -0.3 is 59.6 Å². The predicted octanol–water partition coefficient (Wildman–Crippen LogP) is 6.86. The summed E-state index contributed by atoms with van der Waals surface area (Å²) in [6.07, 6.45) is 4.13. The van der Waals surface area contributed by atoms with Gasteiger partial charge >= 0.3 is 18.3 Å². The number of carbonyl (C=O) groups is 4. The fraction of sp³-hybridized carbons (Fsp3) is 0.532. The number of aromatic nitrogens is 6. The van der Waals surface area contributed by atoms with Crippen LogP contribution in [0.25, 0.3) is 11.2 Å². The second-order valence-corrected chi connectivity index (χ2v) is 20.4. The van der Waals surface area contributed by atoms with Gasteiger partial charge in [-0.1, -0.05) is 43.2 Å². The zero-order chi connectivity index (χ0) is 50.2. The summed E-state index contributed by atoms with van der Waals surface area (Å²) in [7, 11) is -0.104. The Labute approximate surface area is 407 Å². The van der Waals surface area contributed by atoms with E-state index in [4.69, 9.17) is 43.6 Å². The fourth-order valence-electron chi connectivity index (χ4n) is 7.66. The Morgan fingerprint density at radius 1 is 0.886 bits per heavy atom. The summed E-state index contributed by atoms with van der Waals surface area (Å²) in [6, 6.07) is 8.26. The van der Waals surface area contributed by atoms with E-state index in [1.54, 1.807) is 52.4 Å². The Bertz CT molecular complexity index is 2590. The number of rotatable bonds is 19. The first-order valence-corrected chi connectivity index (χ1v) is 24.2. The van der Waals surface area contributed by atoms with E-state index in [-0.39, 0.29) is 40.3 Å². The van der Waals surface area contributed by atoms with Gasteiger partial charge in [0.25, 0.3) is 0 Å². The molecule has 70 heavy (non-hydrogen) atoms. The number of nitrogens with zero attached hydrogens (tertiary/aromatic N) is 6. The maximum Gasteiger partial charge on any atom is 0.419 e. The molecular formula is C47H63N10O12P. The number of nitrogens with two attached hydrogens (primary N) is 1. The second-order valence-electron chi connectivity index (χ2n) is 19.3. The van der Waals surface area contributed by atoms with Crippen molar-refractivity contribution in [2.45, 2.75) is 142 Å². The quantitative estimate of drug-likeness (QED) is 0.0486. The lowest BCUT2D eigenvalue weighted by molar-refractivity contribution is -0.198. The molecule has 2 aliphatic rings. The van der Waals surface area contributed by atoms with Gasteiger partial charge in [-0.15, -0.1) is 8.19 Å². The molecule has 2 saturated heterocycles. The molecule has 1 unspecified atom stereocenters. The molecule has 0 bridgehead atoms. The average Bonchev–Trinajstić information content (AvgIpc) is 4.12. The minimum atomic E-state index is -1.20. The van der Waals surface area contributed by atoms with Gasteiger partial charge in [-0.2, -0.15) is 0 Å². The maximum atomic E-state index is 14.3. The monoisotopic (exact) mass is 990 g/mol. The number of fused-ring (bicyclic) bond motifs is 2. The van der Waals surface area contributed by atoms with Crippen LogP contribution in [-0.2, 0) is 46.2 Å². The van der Waals surface area contributed by atoms with Crippen molar-refractivity contribution in [2.24, 2.45) is 0 Å². The van der Waals surface area contributed by atoms with Crippen molar-refractivity contribution in [1.82, 2.24) is 39.7 Å². The molecule has 1 aromatic carbocycles. The van der Waals surface area contributed by atoms with Crippen LogP contribution < -0.4 is 31.2 Å². The number of carbonyl (C=O) groups excluding carboxylic acids is 4. The minimum Gasteiger partial charge on any atom is -0.487 e. The Hall–Kier alpha value is -6.48. The van der Waals surface area contributed by atoms with E-state index in [1.165, 1.54) is 23.4 Å². The van der Waals surface area contributed by atoms with Gasteiger partial charge in [0.1, 0.15) is 72.4 Å². The Morgan fingerprint density at radius 2 is 1.63 bits per heavy atom. The van der Waals surface area contributed by atoms with Crippen LogP contribution in [0.1, 0.15) is 98.6 Å². The highest BCUT2D eigenvalue weighted by Gasteiger charge is 2.56. The third-order valence-electron chi connectivity index (χ3n) is 10.7. The van der Waals surface area contributed by atoms with E-state index in [1.807, 2.05) is 50.0 Å². The van der Waals surface area contributed by atoms with Crippen molar-refractivity contribution in [3.63, 3.8) is 0 Å². The van der Waals surface area contributed by atoms with Gasteiger partial charge in [-0.3, -0.25) is 9.36 Å². The Morgan fingerprint density at radius 3 is 2.39 bits per heavy atom. The third-order valence-corrected chi connectivity index (χ3v) is 11.7. The number of alkyl carbamates (subject to hydrolysis) is 2. The van der Waals surface area contributed by atoms with Crippen LogP contribution in [0, 0.1) is 0 Å². The summed E-state index contributed by atoms with van der Waals surface area (Å²) in [5, 5.41) is 8.43. The molecule has 6 atom stereocenters. The predicted molar refractivity (Wildman–Crippen MR) is 257 cm³/mol. The van der Waals surface area contributed by atoms with Crippen molar-refractivity contribution in [1.29, 1.82) is 0 Å². The first kappa shape index (κ1) is 51.4. The SMILES string of the molecule is CC(C)(C)OC(=O)N[C@@H](Cc1cn(C(=O)OC(C)(C)C)cn1)C(=O)Nc1[pH]cc(OC[C@H]2O[C@@H](n3cnc4c(N)ncnc43)[C@@H]3OC(C)(C)O[C@@H]32)c1OCCCCCCNC(=O)OCc1ccccc1. The average molecular weight is 991 g/mol. The molecule has 0 aliphatic carbocycles. The molecule has 23 heteroatoms. The molecule has 2 fully saturated rings. The van der Waals surface area contributed by atoms with Crippen LogP contribution in [0.5, 0.6) is 11.5 Å². The van der Waals surface area contributed by atoms with Crippen LogP contribution in [-0.4, -0.2) is 114 Å². The Kier molecular flexibility index (Phi) is 16.2. The first-order chi connectivity index (χ1) is 33.2. The molecule has 5 aromatic rings. The van der Waals surface area contributed by atoms with Gasteiger partial charge in [0, 0.05) is 25.0 Å². The first-order valence-electron chi connectivity index (χ1n) is 23.1. The number of nitrogens with one attached hydrogen (secondary N) is 3. The molecule has 0 spiro atoms. The Balaban J connectivity index is 1.04. The van der Waals surface area contributed by atoms with Crippen molar-refractivity contribution in [3.8, 4) is 11.5 Å². The lowest BCUT2D eigenvalue weighted by Crippen LogP contribution is -2.47. The molecule has 22 nitrogen and oxygen atoms in total. The van der Waals surface area contributed by atoms with Gasteiger partial charge in [0.2, 0.25) is 5.91 Å². The van der Waals surface area contributed by atoms with Crippen LogP contribution in [0.15, 0.2) is 61.3 Å². The normalized spacial score (nSPS) is 19.1. The highest BCUT2D eigenvalue weighted by Crippen LogP contribution is 2.47. The van der Waals surface area contributed by atoms with Crippen LogP contribution >= 0.6 is 8.19 Å². The van der Waals surface area contributed by atoms with E-state index in [0.29, 0.717) is 46.7 Å². The summed E-state index contributed by atoms with van der Waals surface area (Å²) >= 11 is 0. The largest absolute Gasteiger partial charge is 0.487 e. The van der Waals surface area contributed by atoms with E-state index in [2.05, 4.69) is 35.9 Å². The van der Waals surface area contributed by atoms with Crippen LogP contribution in [0.3, 0.4) is 0 Å². The number of nitrogen functional groups attached to an aromatic ring is 1. The van der Waals surface area contributed by atoms with Crippen molar-refractivity contribution >= 4 is 54.8 Å². The van der Waals surface area contributed by atoms with Crippen LogP contribution in [0.4, 0.5) is 25.6 Å². The summed E-state index contributed by atoms with van der Waals surface area (Å²) in [5.41, 5.74) is 7.03. The summed E-state index contributed by atoms with van der Waals surface area (Å²) in [5.74, 6) is 1.20. The van der Waals surface area contributed by atoms with E-state index < -0.39 is 71.8 Å². The van der Waals surface area contributed by atoms with Gasteiger partial charge in [0.05, 0.1) is 18.6 Å². The number of hydrogen-bond acceptors (Lipinski definition) is 17. The fourth-order valence-corrected chi connectivity index (χ4v) is 8.67. The molecule has 6 heterocycles. The molecule has 0 radical (unpaired) electrons. The molecule has 0 saturated carbocycles. The lowest BCUT2D eigenvalue weighted by atomic mass is 10.1. The summed E-state index contributed by atoms with van der Waals surface area (Å²) < 4.78 is 51.4. The summed E-state index contributed by atoms with van der Waals surface area (Å²) in [4.78, 5) is 69.6. The van der Waals surface area contributed by atoms with Crippen molar-refractivity contribution in [2.75, 3.05) is 30.8 Å². The second kappa shape index (κ2) is 22.1. The van der Waals surface area contributed by atoms with Crippen LogP contribution in [0.2, 0.25) is 0 Å². The number of amides is 3. The molecule has 5 N–H and O–H groups in total. The van der Waals surface area contributed by atoms with E-state index in [9.17, 15) is 19.2 Å². The van der Waals surface area contributed by atoms with Crippen molar-refractivity contribution in [3.05, 3.63) is 72.6 Å². The molecule has 378 valence electrons. The number of ether oxygens (including phenoxy) is 8. The number of anilines is 2. The maximum absolute atomic E-state index is 14.3. The highest BCUT2D eigenvalue weighted by molar-refractivity contribution is 7.34. The molecule has 3 amide bonds. The molecule has 7 rings (SSSR count). The molecular weight excluding hydrogens is 928 g/mol. The smallest absolute Gasteiger partial charge is 0.419 e. The molecule has 2 aliphatic heterocycles. The zero-order valence-electron chi connectivity index (χ0n) is 40.7. The summed E-state index contributed by atoms with van der Waals surface area (Å²) in [6.45, 7) is 14.9. The lowest BCUT2D eigenvalue weighted by Gasteiger charge is -2.25. The van der Waals surface area contributed by atoms with E-state index >= 15 is 0 Å². The highest BCUT2D eigenvalue weighted by atomic mass is 31.0. The number of imidazole rings is 2. The minimum absolute atomic E-state index is 0.00910. The number of unbranched alkanes of at least 4 members (excludes halogenated alkanes) is 3. The third kappa shape index (κ3) is 13.9. The van der Waals surface area contributed by atoms with E-state index in [0.717, 1.165) is 24.8 Å². The topological polar surface area (TPSA) is 266 Å². The number of benzene rings is 1. The molecule has 4 aromatic heterocycles. The van der Waals surface area contributed by atoms with Gasteiger partial charge in [0.15, 0.2) is 35.0 Å². The van der Waals surface area contributed by atoms with Crippen molar-refractivity contribution < 1.29 is 57.1 Å².